The van der Waals surface area contributed by atoms with Crippen molar-refractivity contribution in [2.45, 2.75) is 50.8 Å². The lowest BCUT2D eigenvalue weighted by Crippen LogP contribution is -2.50. The van der Waals surface area contributed by atoms with Crippen LogP contribution in [-0.2, 0) is 9.59 Å². The maximum Gasteiger partial charge on any atom is 0.327 e. The van der Waals surface area contributed by atoms with Crippen LogP contribution in [0.4, 0.5) is 4.79 Å². The number of rotatable bonds is 5. The topological polar surface area (TPSA) is 70.2 Å². The van der Waals surface area contributed by atoms with E-state index in [2.05, 4.69) is 0 Å². The largest absolute Gasteiger partial charge is 0.479 e. The number of hydrogen-bond acceptors (Lipinski definition) is 4. The van der Waals surface area contributed by atoms with Crippen molar-refractivity contribution in [3.05, 3.63) is 28.2 Å². The van der Waals surface area contributed by atoms with Gasteiger partial charge in [-0.15, -0.1) is 0 Å². The molecule has 3 aliphatic rings. The fraction of sp³-hybridized carbons (Fsp3) is 0.550. The van der Waals surface area contributed by atoms with E-state index in [1.54, 1.807) is 34.9 Å². The second kappa shape index (κ2) is 8.03. The van der Waals surface area contributed by atoms with E-state index in [4.69, 9.17) is 27.9 Å². The van der Waals surface area contributed by atoms with E-state index in [9.17, 15) is 14.4 Å². The molecule has 1 aliphatic carbocycles. The van der Waals surface area contributed by atoms with Gasteiger partial charge >= 0.3 is 6.03 Å². The zero-order valence-electron chi connectivity index (χ0n) is 16.1. The average molecular weight is 440 g/mol. The molecule has 9 heteroatoms. The molecule has 0 bridgehead atoms. The number of urea groups is 1. The Morgan fingerprint density at radius 2 is 1.79 bits per heavy atom. The first-order valence-corrected chi connectivity index (χ1v) is 10.6. The predicted octanol–water partition coefficient (Wildman–Crippen LogP) is 3.18. The summed E-state index contributed by atoms with van der Waals surface area (Å²) in [5, 5.41) is 0.854. The van der Waals surface area contributed by atoms with Crippen molar-refractivity contribution in [3.63, 3.8) is 0 Å². The third-order valence-electron chi connectivity index (χ3n) is 5.70. The molecule has 1 unspecified atom stereocenters. The van der Waals surface area contributed by atoms with Gasteiger partial charge in [0.15, 0.2) is 6.10 Å². The van der Waals surface area contributed by atoms with E-state index in [0.29, 0.717) is 41.7 Å². The van der Waals surface area contributed by atoms with Gasteiger partial charge in [0.05, 0.1) is 5.02 Å². The average Bonchev–Trinajstić information content (AvgIpc) is 3.48. The molecular weight excluding hydrogens is 417 g/mol. The second-order valence-corrected chi connectivity index (χ2v) is 8.64. The number of likely N-dealkylation sites (tertiary alicyclic amines) is 1. The lowest BCUT2D eigenvalue weighted by molar-refractivity contribution is -0.139. The number of carbonyl (C=O) groups excluding carboxylic acids is 3. The fourth-order valence-corrected chi connectivity index (χ4v) is 4.43. The number of nitrogens with zero attached hydrogens (tertiary/aromatic N) is 3. The number of hydrogen-bond donors (Lipinski definition) is 0. The Morgan fingerprint density at radius 3 is 2.41 bits per heavy atom. The van der Waals surface area contributed by atoms with Gasteiger partial charge in [-0.05, 0) is 50.8 Å². The first-order chi connectivity index (χ1) is 13.8. The van der Waals surface area contributed by atoms with Gasteiger partial charge in [0.25, 0.3) is 11.8 Å². The maximum atomic E-state index is 12.8. The fourth-order valence-electron chi connectivity index (χ4n) is 3.98. The standard InChI is InChI=1S/C20H23Cl2N3O4/c1-12(29-17-5-2-13(21)10-16(17)22)19(27)23-8-6-14(7-9-23)24-11-18(26)25(20(24)28)15-3-4-15/h2,5,10,12,14-15H,3-4,6-9,11H2,1H3. The highest BCUT2D eigenvalue weighted by Crippen LogP contribution is 2.33. The van der Waals surface area contributed by atoms with E-state index in [-0.39, 0.29) is 36.5 Å². The number of piperidine rings is 1. The van der Waals surface area contributed by atoms with Crippen LogP contribution in [0.25, 0.3) is 0 Å². The molecule has 1 aromatic carbocycles. The number of benzene rings is 1. The van der Waals surface area contributed by atoms with Crippen molar-refractivity contribution in [1.82, 2.24) is 14.7 Å². The molecule has 29 heavy (non-hydrogen) atoms. The number of imide groups is 1. The summed E-state index contributed by atoms with van der Waals surface area (Å²) >= 11 is 12.0. The van der Waals surface area contributed by atoms with Crippen LogP contribution >= 0.6 is 23.2 Å². The molecule has 0 N–H and O–H groups in total. The number of carbonyl (C=O) groups is 3. The minimum Gasteiger partial charge on any atom is -0.479 e. The first-order valence-electron chi connectivity index (χ1n) is 9.88. The third-order valence-corrected chi connectivity index (χ3v) is 6.23. The summed E-state index contributed by atoms with van der Waals surface area (Å²) in [5.41, 5.74) is 0. The first kappa shape index (κ1) is 20.3. The molecule has 7 nitrogen and oxygen atoms in total. The van der Waals surface area contributed by atoms with Gasteiger partial charge in [-0.3, -0.25) is 14.5 Å². The van der Waals surface area contributed by atoms with E-state index in [0.717, 1.165) is 12.8 Å². The minimum atomic E-state index is -0.689. The van der Waals surface area contributed by atoms with E-state index in [1.807, 2.05) is 0 Å². The van der Waals surface area contributed by atoms with Crippen molar-refractivity contribution in [2.24, 2.45) is 0 Å². The van der Waals surface area contributed by atoms with Gasteiger partial charge in [0.1, 0.15) is 12.3 Å². The maximum absolute atomic E-state index is 12.8. The SMILES string of the molecule is CC(Oc1ccc(Cl)cc1Cl)C(=O)N1CCC(N2CC(=O)N(C3CC3)C2=O)CC1. The Balaban J connectivity index is 1.31. The third kappa shape index (κ3) is 4.16. The summed E-state index contributed by atoms with van der Waals surface area (Å²) < 4.78 is 5.72. The Morgan fingerprint density at radius 1 is 1.10 bits per heavy atom. The summed E-state index contributed by atoms with van der Waals surface area (Å²) in [7, 11) is 0. The van der Waals surface area contributed by atoms with Crippen LogP contribution in [0.2, 0.25) is 10.0 Å². The molecule has 1 atom stereocenters. The summed E-state index contributed by atoms with van der Waals surface area (Å²) in [4.78, 5) is 42.4. The molecule has 0 spiro atoms. The highest BCUT2D eigenvalue weighted by molar-refractivity contribution is 6.35. The summed E-state index contributed by atoms with van der Waals surface area (Å²) in [6.45, 7) is 2.89. The number of halogens is 2. The highest BCUT2D eigenvalue weighted by atomic mass is 35.5. The van der Waals surface area contributed by atoms with Crippen LogP contribution in [0.3, 0.4) is 0 Å². The van der Waals surface area contributed by atoms with E-state index in [1.165, 1.54) is 4.90 Å². The van der Waals surface area contributed by atoms with Gasteiger partial charge in [0, 0.05) is 30.2 Å². The van der Waals surface area contributed by atoms with Gasteiger partial charge < -0.3 is 14.5 Å². The van der Waals surface area contributed by atoms with Crippen molar-refractivity contribution in [2.75, 3.05) is 19.6 Å². The van der Waals surface area contributed by atoms with Crippen LogP contribution in [0, 0.1) is 0 Å². The van der Waals surface area contributed by atoms with Crippen LogP contribution < -0.4 is 4.74 Å². The molecule has 3 fully saturated rings. The van der Waals surface area contributed by atoms with Crippen molar-refractivity contribution >= 4 is 41.0 Å². The normalized spacial score (nSPS) is 21.7. The van der Waals surface area contributed by atoms with Crippen LogP contribution in [-0.4, -0.2) is 70.4 Å². The number of amides is 4. The molecule has 1 saturated carbocycles. The molecule has 0 radical (unpaired) electrons. The molecule has 0 aromatic heterocycles. The summed E-state index contributed by atoms with van der Waals surface area (Å²) in [6.07, 6.45) is 2.43. The minimum absolute atomic E-state index is 0.0128. The summed E-state index contributed by atoms with van der Waals surface area (Å²) in [5.74, 6) is 0.184. The lowest BCUT2D eigenvalue weighted by Gasteiger charge is -2.37. The Labute approximate surface area is 179 Å². The molecule has 4 amide bonds. The van der Waals surface area contributed by atoms with Gasteiger partial charge in [0.2, 0.25) is 0 Å². The van der Waals surface area contributed by atoms with Crippen molar-refractivity contribution in [1.29, 1.82) is 0 Å². The molecule has 2 saturated heterocycles. The van der Waals surface area contributed by atoms with Crippen LogP contribution in [0.1, 0.15) is 32.6 Å². The lowest BCUT2D eigenvalue weighted by atomic mass is 10.0. The van der Waals surface area contributed by atoms with E-state index >= 15 is 0 Å². The zero-order valence-corrected chi connectivity index (χ0v) is 17.7. The Bertz CT molecular complexity index is 837. The molecule has 1 aromatic rings. The molecule has 4 rings (SSSR count). The second-order valence-electron chi connectivity index (χ2n) is 7.80. The Kier molecular flexibility index (Phi) is 5.62. The zero-order chi connectivity index (χ0) is 20.7. The van der Waals surface area contributed by atoms with Crippen molar-refractivity contribution in [3.8, 4) is 5.75 Å². The van der Waals surface area contributed by atoms with E-state index < -0.39 is 6.10 Å². The van der Waals surface area contributed by atoms with Gasteiger partial charge in [-0.1, -0.05) is 23.2 Å². The number of ether oxygens (including phenoxy) is 1. The molecule has 2 aliphatic heterocycles. The van der Waals surface area contributed by atoms with Crippen molar-refractivity contribution < 1.29 is 19.1 Å². The van der Waals surface area contributed by atoms with Gasteiger partial charge in [-0.25, -0.2) is 4.79 Å². The molecule has 2 heterocycles. The molecule has 156 valence electrons. The summed E-state index contributed by atoms with van der Waals surface area (Å²) in [6, 6.07) is 4.78. The quantitative estimate of drug-likeness (QED) is 0.660. The molecular formula is C20H23Cl2N3O4. The van der Waals surface area contributed by atoms with Crippen LogP contribution in [0.5, 0.6) is 5.75 Å². The monoisotopic (exact) mass is 439 g/mol. The van der Waals surface area contributed by atoms with Crippen LogP contribution in [0.15, 0.2) is 18.2 Å². The predicted molar refractivity (Wildman–Crippen MR) is 108 cm³/mol. The smallest absolute Gasteiger partial charge is 0.327 e. The Hall–Kier alpha value is -1.99. The highest BCUT2D eigenvalue weighted by Gasteiger charge is 2.47. The van der Waals surface area contributed by atoms with Gasteiger partial charge in [-0.2, -0.15) is 0 Å².